The largest absolute Gasteiger partial charge is 0.378 e. The second-order valence-corrected chi connectivity index (χ2v) is 12.2. The molecule has 0 atom stereocenters. The molecule has 1 heterocycles. The van der Waals surface area contributed by atoms with Crippen molar-refractivity contribution in [3.05, 3.63) is 125 Å². The van der Waals surface area contributed by atoms with Crippen molar-refractivity contribution in [3.8, 4) is 0 Å². The van der Waals surface area contributed by atoms with Crippen molar-refractivity contribution < 1.29 is 24.0 Å². The average Bonchev–Trinajstić information content (AvgIpc) is 3.12. The fourth-order valence-electron chi connectivity index (χ4n) is 5.11. The van der Waals surface area contributed by atoms with Gasteiger partial charge >= 0.3 is 5.97 Å². The molecule has 0 amide bonds. The second-order valence-electron chi connectivity index (χ2n) is 11.0. The zero-order valence-corrected chi connectivity index (χ0v) is 26.8. The number of anilines is 1. The summed E-state index contributed by atoms with van der Waals surface area (Å²) in [5, 5.41) is 4.01. The van der Waals surface area contributed by atoms with E-state index in [4.69, 9.17) is 9.57 Å². The van der Waals surface area contributed by atoms with Gasteiger partial charge in [0.2, 0.25) is 5.78 Å². The molecule has 0 aliphatic carbocycles. The van der Waals surface area contributed by atoms with E-state index >= 15 is 0 Å². The number of Topliss-reactive ketones (excluding diaryl/α,β-unsaturated/α-hetero) is 1. The second kappa shape index (κ2) is 16.7. The van der Waals surface area contributed by atoms with Crippen LogP contribution in [0, 0.1) is 0 Å². The van der Waals surface area contributed by atoms with Crippen molar-refractivity contribution in [2.45, 2.75) is 48.8 Å². The lowest BCUT2D eigenvalue weighted by Crippen LogP contribution is -2.36. The van der Waals surface area contributed by atoms with Gasteiger partial charge in [-0.15, -0.1) is 0 Å². The van der Waals surface area contributed by atoms with E-state index in [0.29, 0.717) is 28.7 Å². The minimum absolute atomic E-state index is 0.0189. The van der Waals surface area contributed by atoms with E-state index < -0.39 is 5.97 Å². The Bertz CT molecular complexity index is 1630. The summed E-state index contributed by atoms with van der Waals surface area (Å²) in [5.41, 5.74) is 3.47. The van der Waals surface area contributed by atoms with Crippen LogP contribution in [-0.4, -0.2) is 49.6 Å². The van der Waals surface area contributed by atoms with Gasteiger partial charge in [-0.3, -0.25) is 9.59 Å². The van der Waals surface area contributed by atoms with Crippen LogP contribution in [0.3, 0.4) is 0 Å². The number of oxime groups is 1. The number of ketones is 2. The Morgan fingerprint density at radius 3 is 1.91 bits per heavy atom. The lowest BCUT2D eigenvalue weighted by molar-refractivity contribution is 0.0514. The molecule has 1 fully saturated rings. The van der Waals surface area contributed by atoms with Crippen LogP contribution in [0.25, 0.3) is 0 Å². The number of hydrogen-bond acceptors (Lipinski definition) is 8. The summed E-state index contributed by atoms with van der Waals surface area (Å²) in [7, 11) is 0. The van der Waals surface area contributed by atoms with Crippen molar-refractivity contribution in [2.75, 3.05) is 31.2 Å². The lowest BCUT2D eigenvalue weighted by atomic mass is 10.0. The van der Waals surface area contributed by atoms with E-state index in [1.807, 2.05) is 66.7 Å². The highest BCUT2D eigenvalue weighted by Gasteiger charge is 2.17. The quantitative estimate of drug-likeness (QED) is 0.0454. The molecule has 0 unspecified atom stereocenters. The van der Waals surface area contributed by atoms with Gasteiger partial charge in [0.25, 0.3) is 0 Å². The summed E-state index contributed by atoms with van der Waals surface area (Å²) < 4.78 is 5.43. The van der Waals surface area contributed by atoms with E-state index in [1.165, 1.54) is 0 Å². The number of carbonyl (C=O) groups excluding carboxylic acids is 3. The fraction of sp³-hybridized carbons (Fsp3) is 0.263. The standard InChI is InChI=1S/C38H38N2O5S/c1-2-3-4-8-11-35(39-45-38(43)31-9-6-5-7-10-31)37(42)30-16-22-34(23-17-30)46-33-20-14-29(15-21-33)36(41)28-12-18-32(19-13-28)40-24-26-44-27-25-40/h5-7,9-10,12-23H,2-4,8,11,24-27H2,1H3/b39-35-. The molecule has 8 heteroatoms. The number of carbonyl (C=O) groups is 3. The highest BCUT2D eigenvalue weighted by Crippen LogP contribution is 2.29. The van der Waals surface area contributed by atoms with Crippen molar-refractivity contribution in [1.29, 1.82) is 0 Å². The van der Waals surface area contributed by atoms with Crippen LogP contribution in [-0.2, 0) is 9.57 Å². The average molecular weight is 635 g/mol. The van der Waals surface area contributed by atoms with Crippen molar-refractivity contribution in [1.82, 2.24) is 0 Å². The summed E-state index contributed by atoms with van der Waals surface area (Å²) in [6.07, 6.45) is 4.32. The van der Waals surface area contributed by atoms with Crippen LogP contribution in [0.4, 0.5) is 5.69 Å². The van der Waals surface area contributed by atoms with Crippen molar-refractivity contribution in [2.24, 2.45) is 5.16 Å². The summed E-state index contributed by atoms with van der Waals surface area (Å²) >= 11 is 1.54. The van der Waals surface area contributed by atoms with E-state index in [9.17, 15) is 14.4 Å². The highest BCUT2D eigenvalue weighted by atomic mass is 32.2. The monoisotopic (exact) mass is 634 g/mol. The molecule has 1 saturated heterocycles. The first-order valence-electron chi connectivity index (χ1n) is 15.7. The van der Waals surface area contributed by atoms with Gasteiger partial charge in [-0.2, -0.15) is 0 Å². The number of nitrogens with zero attached hydrogens (tertiary/aromatic N) is 2. The molecule has 1 aliphatic rings. The number of benzene rings is 4. The van der Waals surface area contributed by atoms with E-state index in [-0.39, 0.29) is 17.3 Å². The molecule has 0 radical (unpaired) electrons. The Kier molecular flexibility index (Phi) is 11.9. The topological polar surface area (TPSA) is 85.3 Å². The van der Waals surface area contributed by atoms with Gasteiger partial charge in [0.15, 0.2) is 5.78 Å². The molecular formula is C38H38N2O5S. The molecular weight excluding hydrogens is 596 g/mol. The van der Waals surface area contributed by atoms with Gasteiger partial charge in [-0.05, 0) is 97.8 Å². The van der Waals surface area contributed by atoms with E-state index in [1.54, 1.807) is 48.2 Å². The van der Waals surface area contributed by atoms with Crippen LogP contribution in [0.5, 0.6) is 0 Å². The Labute approximate surface area is 274 Å². The van der Waals surface area contributed by atoms with Crippen molar-refractivity contribution in [3.63, 3.8) is 0 Å². The Balaban J connectivity index is 1.20. The normalized spacial score (nSPS) is 13.3. The van der Waals surface area contributed by atoms with Crippen LogP contribution in [0.1, 0.15) is 75.7 Å². The zero-order chi connectivity index (χ0) is 32.1. The van der Waals surface area contributed by atoms with Gasteiger partial charge in [0.1, 0.15) is 5.71 Å². The molecule has 1 aliphatic heterocycles. The molecule has 236 valence electrons. The maximum absolute atomic E-state index is 13.4. The molecule has 46 heavy (non-hydrogen) atoms. The predicted octanol–water partition coefficient (Wildman–Crippen LogP) is 8.27. The molecule has 0 bridgehead atoms. The molecule has 4 aromatic carbocycles. The molecule has 0 aromatic heterocycles. The molecule has 0 saturated carbocycles. The van der Waals surface area contributed by atoms with Gasteiger partial charge in [-0.1, -0.05) is 61.3 Å². The Hall–Kier alpha value is -4.53. The van der Waals surface area contributed by atoms with Crippen LogP contribution in [0.15, 0.2) is 118 Å². The van der Waals surface area contributed by atoms with Gasteiger partial charge in [-0.25, -0.2) is 4.79 Å². The van der Waals surface area contributed by atoms with Crippen LogP contribution >= 0.6 is 11.8 Å². The first kappa shape index (κ1) is 32.9. The molecule has 5 rings (SSSR count). The third kappa shape index (κ3) is 9.02. The fourth-order valence-corrected chi connectivity index (χ4v) is 5.92. The smallest absolute Gasteiger partial charge is 0.365 e. The van der Waals surface area contributed by atoms with E-state index in [2.05, 4.69) is 17.0 Å². The maximum atomic E-state index is 13.4. The zero-order valence-electron chi connectivity index (χ0n) is 26.0. The molecule has 0 spiro atoms. The summed E-state index contributed by atoms with van der Waals surface area (Å²) in [6, 6.07) is 31.2. The lowest BCUT2D eigenvalue weighted by Gasteiger charge is -2.28. The minimum atomic E-state index is -0.597. The highest BCUT2D eigenvalue weighted by molar-refractivity contribution is 7.99. The minimum Gasteiger partial charge on any atom is -0.378 e. The van der Waals surface area contributed by atoms with Crippen molar-refractivity contribution >= 4 is 40.7 Å². The summed E-state index contributed by atoms with van der Waals surface area (Å²) in [6.45, 7) is 5.27. The molecule has 7 nitrogen and oxygen atoms in total. The summed E-state index contributed by atoms with van der Waals surface area (Å²) in [4.78, 5) is 48.3. The predicted molar refractivity (Wildman–Crippen MR) is 182 cm³/mol. The van der Waals surface area contributed by atoms with Gasteiger partial charge in [0, 0.05) is 45.3 Å². The molecule has 4 aromatic rings. The third-order valence-electron chi connectivity index (χ3n) is 7.75. The van der Waals surface area contributed by atoms with E-state index in [0.717, 1.165) is 67.5 Å². The number of ether oxygens (including phenoxy) is 1. The van der Waals surface area contributed by atoms with Crippen LogP contribution < -0.4 is 4.90 Å². The SMILES string of the molecule is CCCCCC/C(=N/OC(=O)c1ccccc1)C(=O)c1ccc(Sc2ccc(C(=O)c3ccc(N4CCOCC4)cc3)cc2)cc1. The Morgan fingerprint density at radius 1 is 0.717 bits per heavy atom. The first-order valence-corrected chi connectivity index (χ1v) is 16.6. The number of morpholine rings is 1. The first-order chi connectivity index (χ1) is 22.5. The third-order valence-corrected chi connectivity index (χ3v) is 8.77. The number of unbranched alkanes of at least 4 members (excludes halogenated alkanes) is 3. The van der Waals surface area contributed by atoms with Gasteiger partial charge in [0.05, 0.1) is 18.8 Å². The Morgan fingerprint density at radius 2 is 1.30 bits per heavy atom. The number of rotatable bonds is 14. The summed E-state index contributed by atoms with van der Waals surface area (Å²) in [5.74, 6) is -0.870. The maximum Gasteiger partial charge on any atom is 0.365 e. The number of hydrogen-bond donors (Lipinski definition) is 0. The van der Waals surface area contributed by atoms with Gasteiger partial charge < -0.3 is 14.5 Å². The molecule has 0 N–H and O–H groups in total. The van der Waals surface area contributed by atoms with Crippen LogP contribution in [0.2, 0.25) is 0 Å².